The van der Waals surface area contributed by atoms with Crippen molar-refractivity contribution in [2.24, 2.45) is 0 Å². The molecule has 0 N–H and O–H groups in total. The van der Waals surface area contributed by atoms with Crippen molar-refractivity contribution in [3.63, 3.8) is 0 Å². The lowest BCUT2D eigenvalue weighted by Crippen LogP contribution is -1.94. The van der Waals surface area contributed by atoms with Gasteiger partial charge in [-0.2, -0.15) is 0 Å². The van der Waals surface area contributed by atoms with Gasteiger partial charge in [-0.05, 0) is 95.1 Å². The number of hydrogen-bond donors (Lipinski definition) is 0. The van der Waals surface area contributed by atoms with Crippen LogP contribution in [-0.2, 0) is 0 Å². The van der Waals surface area contributed by atoms with Crippen LogP contribution < -0.4 is 0 Å². The van der Waals surface area contributed by atoms with Crippen molar-refractivity contribution in [1.82, 2.24) is 29.9 Å². The average Bonchev–Trinajstić information content (AvgIpc) is 3.09. The molecule has 0 unspecified atom stereocenters. The quantitative estimate of drug-likeness (QED) is 0.212. The zero-order valence-corrected chi connectivity index (χ0v) is 22.5. The SMILES string of the molecule is c1ccc(-c2cccc(-c3cc(-c4ccc(-c5cc(-c6ccccn6)nc(-c6ccccn6)c5)cc4)ccn3)n2)nc1. The van der Waals surface area contributed by atoms with E-state index in [9.17, 15) is 0 Å². The number of aromatic nitrogens is 6. The fourth-order valence-electron chi connectivity index (χ4n) is 4.83. The number of nitrogens with zero attached hydrogens (tertiary/aromatic N) is 6. The van der Waals surface area contributed by atoms with Crippen LogP contribution in [0.25, 0.3) is 67.8 Å². The molecule has 0 atom stereocenters. The highest BCUT2D eigenvalue weighted by molar-refractivity contribution is 5.77. The fraction of sp³-hybridized carbons (Fsp3) is 0. The second-order valence-corrected chi connectivity index (χ2v) is 9.69. The Morgan fingerprint density at radius 1 is 0.262 bits per heavy atom. The summed E-state index contributed by atoms with van der Waals surface area (Å²) in [5.41, 5.74) is 10.8. The molecular formula is C36H24N6. The maximum absolute atomic E-state index is 4.89. The molecule has 6 aromatic heterocycles. The zero-order valence-electron chi connectivity index (χ0n) is 22.5. The summed E-state index contributed by atoms with van der Waals surface area (Å²) < 4.78 is 0. The molecule has 6 heteroatoms. The minimum atomic E-state index is 0.803. The van der Waals surface area contributed by atoms with E-state index < -0.39 is 0 Å². The lowest BCUT2D eigenvalue weighted by atomic mass is 9.99. The van der Waals surface area contributed by atoms with Gasteiger partial charge >= 0.3 is 0 Å². The summed E-state index contributed by atoms with van der Waals surface area (Å²) in [6.07, 6.45) is 7.17. The third-order valence-corrected chi connectivity index (χ3v) is 6.93. The van der Waals surface area contributed by atoms with E-state index in [2.05, 4.69) is 62.4 Å². The maximum Gasteiger partial charge on any atom is 0.0900 e. The fourth-order valence-corrected chi connectivity index (χ4v) is 4.83. The first-order valence-corrected chi connectivity index (χ1v) is 13.6. The van der Waals surface area contributed by atoms with Crippen LogP contribution in [0.2, 0.25) is 0 Å². The lowest BCUT2D eigenvalue weighted by Gasteiger charge is -2.10. The smallest absolute Gasteiger partial charge is 0.0900 e. The molecule has 0 fully saturated rings. The molecule has 6 nitrogen and oxygen atoms in total. The average molecular weight is 541 g/mol. The summed E-state index contributed by atoms with van der Waals surface area (Å²) >= 11 is 0. The summed E-state index contributed by atoms with van der Waals surface area (Å²) in [4.78, 5) is 27.8. The molecule has 0 saturated heterocycles. The van der Waals surface area contributed by atoms with Gasteiger partial charge in [-0.25, -0.2) is 9.97 Å². The van der Waals surface area contributed by atoms with E-state index >= 15 is 0 Å². The van der Waals surface area contributed by atoms with Crippen molar-refractivity contribution in [3.8, 4) is 67.8 Å². The molecule has 0 amide bonds. The molecule has 0 aliphatic carbocycles. The number of pyridine rings is 6. The van der Waals surface area contributed by atoms with Gasteiger partial charge in [0.15, 0.2) is 0 Å². The molecule has 0 bridgehead atoms. The summed E-state index contributed by atoms with van der Waals surface area (Å²) in [5.74, 6) is 0. The monoisotopic (exact) mass is 540 g/mol. The van der Waals surface area contributed by atoms with Crippen LogP contribution in [-0.4, -0.2) is 29.9 Å². The highest BCUT2D eigenvalue weighted by atomic mass is 14.8. The van der Waals surface area contributed by atoms with Crippen LogP contribution in [0.5, 0.6) is 0 Å². The Morgan fingerprint density at radius 3 is 1.24 bits per heavy atom. The van der Waals surface area contributed by atoms with Crippen molar-refractivity contribution >= 4 is 0 Å². The van der Waals surface area contributed by atoms with Gasteiger partial charge in [0.05, 0.1) is 45.6 Å². The van der Waals surface area contributed by atoms with Gasteiger partial charge in [0, 0.05) is 24.8 Å². The van der Waals surface area contributed by atoms with Gasteiger partial charge in [-0.3, -0.25) is 19.9 Å². The molecule has 6 heterocycles. The Balaban J connectivity index is 1.22. The highest BCUT2D eigenvalue weighted by Gasteiger charge is 2.11. The first-order valence-electron chi connectivity index (χ1n) is 13.6. The number of hydrogen-bond acceptors (Lipinski definition) is 6. The topological polar surface area (TPSA) is 77.3 Å². The molecule has 0 aliphatic rings. The van der Waals surface area contributed by atoms with Crippen molar-refractivity contribution < 1.29 is 0 Å². The molecule has 1 aromatic carbocycles. The first-order chi connectivity index (χ1) is 20.8. The highest BCUT2D eigenvalue weighted by Crippen LogP contribution is 2.31. The minimum Gasteiger partial charge on any atom is -0.255 e. The van der Waals surface area contributed by atoms with Crippen LogP contribution in [0.1, 0.15) is 0 Å². The van der Waals surface area contributed by atoms with Crippen molar-refractivity contribution in [2.75, 3.05) is 0 Å². The van der Waals surface area contributed by atoms with Crippen LogP contribution >= 0.6 is 0 Å². The largest absolute Gasteiger partial charge is 0.255 e. The van der Waals surface area contributed by atoms with E-state index in [0.29, 0.717) is 0 Å². The van der Waals surface area contributed by atoms with Crippen molar-refractivity contribution in [2.45, 2.75) is 0 Å². The predicted molar refractivity (Wildman–Crippen MR) is 166 cm³/mol. The zero-order chi connectivity index (χ0) is 28.1. The summed E-state index contributed by atoms with van der Waals surface area (Å²) in [6, 6.07) is 40.2. The molecule has 42 heavy (non-hydrogen) atoms. The van der Waals surface area contributed by atoms with Crippen molar-refractivity contribution in [1.29, 1.82) is 0 Å². The van der Waals surface area contributed by atoms with Gasteiger partial charge in [-0.15, -0.1) is 0 Å². The maximum atomic E-state index is 4.89. The molecule has 0 spiro atoms. The number of rotatable bonds is 6. The van der Waals surface area contributed by atoms with E-state index in [0.717, 1.165) is 67.8 Å². The van der Waals surface area contributed by atoms with Gasteiger partial charge in [0.2, 0.25) is 0 Å². The van der Waals surface area contributed by atoms with Crippen LogP contribution in [0.3, 0.4) is 0 Å². The second kappa shape index (κ2) is 11.3. The molecule has 0 saturated carbocycles. The number of benzene rings is 1. The van der Waals surface area contributed by atoms with Gasteiger partial charge in [-0.1, -0.05) is 48.5 Å². The van der Waals surface area contributed by atoms with Gasteiger partial charge in [0.1, 0.15) is 0 Å². The third-order valence-electron chi connectivity index (χ3n) is 6.93. The molecule has 0 aliphatic heterocycles. The summed E-state index contributed by atoms with van der Waals surface area (Å²) in [6.45, 7) is 0. The molecule has 0 radical (unpaired) electrons. The minimum absolute atomic E-state index is 0.803. The second-order valence-electron chi connectivity index (χ2n) is 9.69. The van der Waals surface area contributed by atoms with E-state index in [4.69, 9.17) is 9.97 Å². The molecule has 7 aromatic rings. The van der Waals surface area contributed by atoms with Crippen LogP contribution in [0, 0.1) is 0 Å². The van der Waals surface area contributed by atoms with Crippen molar-refractivity contribution in [3.05, 3.63) is 146 Å². The Labute approximate surface area is 243 Å². The van der Waals surface area contributed by atoms with E-state index in [1.165, 1.54) is 0 Å². The Kier molecular flexibility index (Phi) is 6.76. The van der Waals surface area contributed by atoms with E-state index in [1.54, 1.807) is 18.6 Å². The Morgan fingerprint density at radius 2 is 0.690 bits per heavy atom. The van der Waals surface area contributed by atoms with E-state index in [1.807, 2.05) is 85.1 Å². The summed E-state index contributed by atoms with van der Waals surface area (Å²) in [7, 11) is 0. The third kappa shape index (κ3) is 5.29. The first kappa shape index (κ1) is 25.1. The normalized spacial score (nSPS) is 10.9. The van der Waals surface area contributed by atoms with Gasteiger partial charge in [0.25, 0.3) is 0 Å². The van der Waals surface area contributed by atoms with Gasteiger partial charge < -0.3 is 0 Å². The Bertz CT molecular complexity index is 1900. The lowest BCUT2D eigenvalue weighted by molar-refractivity contribution is 1.22. The Hall–Kier alpha value is -5.88. The van der Waals surface area contributed by atoms with Crippen LogP contribution in [0.4, 0.5) is 0 Å². The molecular weight excluding hydrogens is 516 g/mol. The van der Waals surface area contributed by atoms with Crippen LogP contribution in [0.15, 0.2) is 146 Å². The molecule has 198 valence electrons. The standard InChI is InChI=1S/C36H24N6/c1-4-18-37-29(8-1)32-11-7-12-33(41-32)34-22-27(17-21-40-34)25-13-15-26(16-14-25)28-23-35(30-9-2-5-19-38-30)42-36(24-28)31-10-3-6-20-39-31/h1-24H. The van der Waals surface area contributed by atoms with E-state index in [-0.39, 0.29) is 0 Å². The molecule has 7 rings (SSSR count). The summed E-state index contributed by atoms with van der Waals surface area (Å²) in [5, 5.41) is 0. The predicted octanol–water partition coefficient (Wildman–Crippen LogP) is 8.06.